The molecule has 21 heavy (non-hydrogen) atoms. The summed E-state index contributed by atoms with van der Waals surface area (Å²) in [6.07, 6.45) is 6.63. The van der Waals surface area contributed by atoms with Crippen LogP contribution in [0.25, 0.3) is 23.1 Å². The third kappa shape index (κ3) is 2.92. The second kappa shape index (κ2) is 5.50. The monoisotopic (exact) mass is 277 g/mol. The van der Waals surface area contributed by atoms with Crippen LogP contribution in [-0.4, -0.2) is 26.0 Å². The van der Waals surface area contributed by atoms with Crippen LogP contribution in [0.3, 0.4) is 0 Å². The summed E-state index contributed by atoms with van der Waals surface area (Å²) in [5, 5.41) is 9.94. The highest BCUT2D eigenvalue weighted by molar-refractivity contribution is 5.86. The summed E-state index contributed by atoms with van der Waals surface area (Å²) in [5.74, 6) is -1.07. The molecule has 1 aromatic carbocycles. The lowest BCUT2D eigenvalue weighted by molar-refractivity contribution is 0.0690. The van der Waals surface area contributed by atoms with E-state index in [1.807, 2.05) is 36.4 Å². The van der Waals surface area contributed by atoms with Crippen molar-refractivity contribution in [2.24, 2.45) is 0 Å². The van der Waals surface area contributed by atoms with Gasteiger partial charge in [0.2, 0.25) is 0 Å². The quantitative estimate of drug-likeness (QED) is 0.796. The van der Waals surface area contributed by atoms with Gasteiger partial charge in [0, 0.05) is 11.6 Å². The molecule has 0 amide bonds. The average molecular weight is 277 g/mol. The van der Waals surface area contributed by atoms with Crippen molar-refractivity contribution in [2.45, 2.75) is 0 Å². The number of aromatic carboxylic acids is 1. The average Bonchev–Trinajstić information content (AvgIpc) is 2.53. The van der Waals surface area contributed by atoms with E-state index < -0.39 is 5.97 Å². The van der Waals surface area contributed by atoms with E-state index >= 15 is 0 Å². The first kappa shape index (κ1) is 12.9. The Balaban J connectivity index is 1.90. The van der Waals surface area contributed by atoms with Gasteiger partial charge in [0.05, 0.1) is 11.2 Å². The minimum Gasteiger partial charge on any atom is -0.477 e. The van der Waals surface area contributed by atoms with Gasteiger partial charge in [0.25, 0.3) is 0 Å². The second-order valence-corrected chi connectivity index (χ2v) is 4.42. The van der Waals surface area contributed by atoms with Gasteiger partial charge in [-0.2, -0.15) is 0 Å². The van der Waals surface area contributed by atoms with Crippen LogP contribution in [0.5, 0.6) is 0 Å². The van der Waals surface area contributed by atoms with Gasteiger partial charge >= 0.3 is 5.97 Å². The molecule has 0 atom stereocenters. The molecule has 0 bridgehead atoms. The van der Waals surface area contributed by atoms with Crippen LogP contribution in [0.4, 0.5) is 0 Å². The molecule has 0 saturated carbocycles. The molecule has 0 fully saturated rings. The lowest BCUT2D eigenvalue weighted by Gasteiger charge is -1.99. The van der Waals surface area contributed by atoms with E-state index in [2.05, 4.69) is 15.0 Å². The Bertz CT molecular complexity index is 844. The first-order valence-corrected chi connectivity index (χ1v) is 6.30. The molecule has 0 spiro atoms. The molecule has 0 aliphatic carbocycles. The zero-order chi connectivity index (χ0) is 14.7. The van der Waals surface area contributed by atoms with Gasteiger partial charge in [-0.05, 0) is 35.9 Å². The lowest BCUT2D eigenvalue weighted by Crippen LogP contribution is -2.00. The topological polar surface area (TPSA) is 76.0 Å². The lowest BCUT2D eigenvalue weighted by atomic mass is 10.1. The third-order valence-corrected chi connectivity index (χ3v) is 2.98. The minimum absolute atomic E-state index is 0.0210. The van der Waals surface area contributed by atoms with Crippen LogP contribution >= 0.6 is 0 Å². The molecule has 2 aromatic heterocycles. The number of pyridine rings is 1. The number of benzene rings is 1. The summed E-state index contributed by atoms with van der Waals surface area (Å²) >= 11 is 0. The summed E-state index contributed by atoms with van der Waals surface area (Å²) in [5.41, 5.74) is 2.46. The van der Waals surface area contributed by atoms with Crippen LogP contribution < -0.4 is 0 Å². The number of nitrogens with zero attached hydrogens (tertiary/aromatic N) is 3. The van der Waals surface area contributed by atoms with Crippen LogP contribution in [-0.2, 0) is 0 Å². The molecule has 5 heteroatoms. The number of rotatable bonds is 3. The van der Waals surface area contributed by atoms with Crippen LogP contribution in [0.2, 0.25) is 0 Å². The highest BCUT2D eigenvalue weighted by atomic mass is 16.4. The van der Waals surface area contributed by atoms with Gasteiger partial charge in [-0.15, -0.1) is 0 Å². The van der Waals surface area contributed by atoms with Gasteiger partial charge in [-0.25, -0.2) is 14.8 Å². The maximum Gasteiger partial charge on any atom is 0.354 e. The fourth-order valence-electron chi connectivity index (χ4n) is 1.96. The minimum atomic E-state index is -1.07. The van der Waals surface area contributed by atoms with Gasteiger partial charge in [-0.3, -0.25) is 4.98 Å². The van der Waals surface area contributed by atoms with Crippen molar-refractivity contribution in [3.8, 4) is 0 Å². The summed E-state index contributed by atoms with van der Waals surface area (Å²) in [4.78, 5) is 22.8. The van der Waals surface area contributed by atoms with E-state index in [4.69, 9.17) is 5.11 Å². The Morgan fingerprint density at radius 3 is 2.81 bits per heavy atom. The molecule has 0 saturated heterocycles. The summed E-state index contributed by atoms with van der Waals surface area (Å²) in [6, 6.07) is 11.2. The SMILES string of the molecule is O=C(O)c1cc(C=Cc2ccc3ncccc3c2)ncn1. The van der Waals surface area contributed by atoms with E-state index in [0.29, 0.717) is 5.69 Å². The Kier molecular flexibility index (Phi) is 3.39. The predicted octanol–water partition coefficient (Wildman–Crippen LogP) is 2.89. The molecule has 0 radical (unpaired) electrons. The fraction of sp³-hybridized carbons (Fsp3) is 0. The zero-order valence-electron chi connectivity index (χ0n) is 11.0. The number of fused-ring (bicyclic) bond motifs is 1. The Hall–Kier alpha value is -3.08. The van der Waals surface area contributed by atoms with Crippen molar-refractivity contribution in [1.82, 2.24) is 15.0 Å². The number of carboxylic acids is 1. The van der Waals surface area contributed by atoms with Crippen LogP contribution in [0, 0.1) is 0 Å². The van der Waals surface area contributed by atoms with Gasteiger partial charge in [0.1, 0.15) is 6.33 Å². The van der Waals surface area contributed by atoms with E-state index in [9.17, 15) is 4.79 Å². The molecule has 3 rings (SSSR count). The molecule has 102 valence electrons. The van der Waals surface area contributed by atoms with Gasteiger partial charge in [0.15, 0.2) is 5.69 Å². The number of carboxylic acid groups (broad SMARTS) is 1. The zero-order valence-corrected chi connectivity index (χ0v) is 11.0. The normalized spacial score (nSPS) is 11.0. The maximum atomic E-state index is 10.9. The van der Waals surface area contributed by atoms with Crippen LogP contribution in [0.15, 0.2) is 48.9 Å². The second-order valence-electron chi connectivity index (χ2n) is 4.42. The van der Waals surface area contributed by atoms with Crippen molar-refractivity contribution in [1.29, 1.82) is 0 Å². The van der Waals surface area contributed by atoms with Gasteiger partial charge in [-0.1, -0.05) is 18.2 Å². The molecule has 0 aliphatic rings. The molecule has 0 aliphatic heterocycles. The first-order valence-electron chi connectivity index (χ1n) is 6.30. The Morgan fingerprint density at radius 2 is 1.95 bits per heavy atom. The van der Waals surface area contributed by atoms with E-state index in [1.54, 1.807) is 12.3 Å². The summed E-state index contributed by atoms with van der Waals surface area (Å²) in [7, 11) is 0. The number of aromatic nitrogens is 3. The molecule has 0 unspecified atom stereocenters. The highest BCUT2D eigenvalue weighted by Gasteiger charge is 2.04. The highest BCUT2D eigenvalue weighted by Crippen LogP contribution is 2.15. The van der Waals surface area contributed by atoms with Crippen molar-refractivity contribution in [3.05, 3.63) is 65.9 Å². The molecule has 5 nitrogen and oxygen atoms in total. The third-order valence-electron chi connectivity index (χ3n) is 2.98. The fourth-order valence-corrected chi connectivity index (χ4v) is 1.96. The number of hydrogen-bond donors (Lipinski definition) is 1. The molecule has 1 N–H and O–H groups in total. The van der Waals surface area contributed by atoms with E-state index in [-0.39, 0.29) is 5.69 Å². The Morgan fingerprint density at radius 1 is 1.05 bits per heavy atom. The standard InChI is InChI=1S/C16H11N3O2/c20-16(21)15-9-13(18-10-19-15)5-3-11-4-6-14-12(8-11)2-1-7-17-14/h1-10H,(H,20,21). The smallest absolute Gasteiger partial charge is 0.354 e. The molecule has 3 aromatic rings. The van der Waals surface area contributed by atoms with E-state index in [0.717, 1.165) is 16.5 Å². The maximum absolute atomic E-state index is 10.9. The van der Waals surface area contributed by atoms with E-state index in [1.165, 1.54) is 12.4 Å². The first-order chi connectivity index (χ1) is 10.2. The molecular weight excluding hydrogens is 266 g/mol. The predicted molar refractivity (Wildman–Crippen MR) is 79.7 cm³/mol. The van der Waals surface area contributed by atoms with Crippen molar-refractivity contribution in [2.75, 3.05) is 0 Å². The van der Waals surface area contributed by atoms with Crippen molar-refractivity contribution < 1.29 is 9.90 Å². The summed E-state index contributed by atoms with van der Waals surface area (Å²) in [6.45, 7) is 0. The van der Waals surface area contributed by atoms with Crippen molar-refractivity contribution >= 4 is 29.0 Å². The molecule has 2 heterocycles. The van der Waals surface area contributed by atoms with Crippen molar-refractivity contribution in [3.63, 3.8) is 0 Å². The largest absolute Gasteiger partial charge is 0.477 e. The number of hydrogen-bond acceptors (Lipinski definition) is 4. The van der Waals surface area contributed by atoms with Gasteiger partial charge < -0.3 is 5.11 Å². The van der Waals surface area contributed by atoms with Crippen LogP contribution in [0.1, 0.15) is 21.7 Å². The number of carbonyl (C=O) groups is 1. The summed E-state index contributed by atoms with van der Waals surface area (Å²) < 4.78 is 0. The Labute approximate surface area is 120 Å². The molecular formula is C16H11N3O2.